The van der Waals surface area contributed by atoms with Crippen molar-refractivity contribution in [2.75, 3.05) is 46.7 Å². The van der Waals surface area contributed by atoms with Crippen molar-refractivity contribution < 1.29 is 76.7 Å². The number of pyridine rings is 2. The van der Waals surface area contributed by atoms with Gasteiger partial charge in [0.1, 0.15) is 34.8 Å². The van der Waals surface area contributed by atoms with Crippen LogP contribution in [0.2, 0.25) is 0 Å². The first-order valence-electron chi connectivity index (χ1n) is 18.9. The fourth-order valence-corrected chi connectivity index (χ4v) is 7.87. The number of hydrogen-bond acceptors (Lipinski definition) is 14. The molecule has 1 unspecified atom stereocenters. The molecule has 2 aromatic carbocycles. The Bertz CT molecular complexity index is 2750. The summed E-state index contributed by atoms with van der Waals surface area (Å²) < 4.78 is 146. The molecule has 66 heavy (non-hydrogen) atoms. The number of ether oxygens (including phenoxy) is 2. The number of carbonyl (C=O) groups excluding carboxylic acids is 2. The number of methoxy groups -OCH3 is 2. The Morgan fingerprint density at radius 1 is 0.636 bits per heavy atom. The summed E-state index contributed by atoms with van der Waals surface area (Å²) in [4.78, 5) is 59.1. The van der Waals surface area contributed by atoms with Crippen molar-refractivity contribution in [1.29, 1.82) is 0 Å². The van der Waals surface area contributed by atoms with Crippen LogP contribution in [0.5, 0.6) is 11.5 Å². The molecule has 0 spiro atoms. The van der Waals surface area contributed by atoms with Crippen molar-refractivity contribution in [3.8, 4) is 33.8 Å². The maximum absolute atomic E-state index is 14.7. The van der Waals surface area contributed by atoms with E-state index in [1.807, 2.05) is 5.48 Å². The zero-order valence-corrected chi connectivity index (χ0v) is 40.3. The lowest BCUT2D eigenvalue weighted by molar-refractivity contribution is -0.131. The van der Waals surface area contributed by atoms with Gasteiger partial charge in [0.2, 0.25) is 7.37 Å². The summed E-state index contributed by atoms with van der Waals surface area (Å²) >= 11 is 0. The van der Waals surface area contributed by atoms with Crippen molar-refractivity contribution in [2.45, 2.75) is 49.3 Å². The third kappa shape index (κ3) is 13.9. The number of benzene rings is 2. The molecule has 0 saturated carbocycles. The molecule has 0 fully saturated rings. The Balaban J connectivity index is 0.000000350. The highest BCUT2D eigenvalue weighted by Gasteiger charge is 2.45. The summed E-state index contributed by atoms with van der Waals surface area (Å²) in [7, 11) is -12.8. The standard InChI is InChI=1S/C20H25F2N2O7PS.C19H23F2N2O8PS/c1-20(33(5,28)29,19(26)23-31-32(3,4)27)8-9-24-12-17(22)15(11-18(24)25)14-7-6-13(30-2)10-16(14)21;1-19(33(4,28)29,18(25)22-31-32(3,26)27)7-8-23-11-16(21)14(10-17(23)24)13-6-5-12(30-2)9-15(13)20/h6-7,10-12H,8-9H2,1-5H3,(H,23,26);5-6,9-11H,7-8H2,1-4H3,(H,22,25)(H,26,27)/t20-;19-/m11/s1. The van der Waals surface area contributed by atoms with Crippen LogP contribution < -0.4 is 31.6 Å². The fourth-order valence-electron chi connectivity index (χ4n) is 5.63. The molecule has 0 bridgehead atoms. The van der Waals surface area contributed by atoms with Gasteiger partial charge in [-0.15, -0.1) is 0 Å². The fraction of sp³-hybridized carbons (Fsp3) is 0.385. The van der Waals surface area contributed by atoms with Gasteiger partial charge in [-0.2, -0.15) is 4.62 Å². The van der Waals surface area contributed by atoms with Crippen LogP contribution in [0.3, 0.4) is 0 Å². The lowest BCUT2D eigenvalue weighted by atomic mass is 10.0. The lowest BCUT2D eigenvalue weighted by Gasteiger charge is -2.26. The minimum Gasteiger partial charge on any atom is -0.497 e. The van der Waals surface area contributed by atoms with E-state index in [1.54, 1.807) is 5.48 Å². The van der Waals surface area contributed by atoms with E-state index in [0.717, 1.165) is 78.8 Å². The van der Waals surface area contributed by atoms with Crippen molar-refractivity contribution in [3.05, 3.63) is 105 Å². The molecule has 364 valence electrons. The van der Waals surface area contributed by atoms with Gasteiger partial charge in [-0.1, -0.05) is 0 Å². The smallest absolute Gasteiger partial charge is 0.346 e. The van der Waals surface area contributed by atoms with Gasteiger partial charge in [0.15, 0.2) is 29.2 Å². The number of amides is 2. The van der Waals surface area contributed by atoms with Crippen molar-refractivity contribution in [3.63, 3.8) is 0 Å². The number of hydrogen-bond donors (Lipinski definition) is 3. The van der Waals surface area contributed by atoms with Crippen LogP contribution in [-0.4, -0.2) is 98.9 Å². The second-order valence-corrected chi connectivity index (χ2v) is 24.8. The van der Waals surface area contributed by atoms with Crippen molar-refractivity contribution in [2.24, 2.45) is 0 Å². The molecule has 3 N–H and O–H groups in total. The zero-order chi connectivity index (χ0) is 50.4. The maximum Gasteiger partial charge on any atom is 0.346 e. The molecule has 0 aliphatic heterocycles. The van der Waals surface area contributed by atoms with Crippen LogP contribution in [0.4, 0.5) is 17.6 Å². The predicted octanol–water partition coefficient (Wildman–Crippen LogP) is 4.44. The normalized spacial score (nSPS) is 14.6. The SMILES string of the molecule is COc1ccc(-c2cc(=O)n(CC[C@](C)(C(=O)NOP(C)(=O)O)S(C)(=O)=O)cc2F)c(F)c1.COc1ccc(-c2cc(=O)n(CC[C@](C)(C(=O)NOP(C)(C)=O)S(C)(=O)=O)cc2F)c(F)c1. The second-order valence-electron chi connectivity index (χ2n) is 15.4. The van der Waals surface area contributed by atoms with E-state index < -0.39 is 110 Å². The van der Waals surface area contributed by atoms with Crippen LogP contribution in [-0.2, 0) is 60.7 Å². The van der Waals surface area contributed by atoms with Gasteiger partial charge in [0.05, 0.1) is 14.2 Å². The molecular weight excluding hydrogens is 967 g/mol. The van der Waals surface area contributed by atoms with Crippen LogP contribution >= 0.6 is 15.0 Å². The van der Waals surface area contributed by atoms with Gasteiger partial charge >= 0.3 is 7.60 Å². The zero-order valence-electron chi connectivity index (χ0n) is 36.9. The molecule has 0 radical (unpaired) electrons. The molecule has 2 aromatic heterocycles. The number of aryl methyl sites for hydroxylation is 2. The monoisotopic (exact) mass is 1010 g/mol. The first kappa shape index (κ1) is 55.2. The summed E-state index contributed by atoms with van der Waals surface area (Å²) in [5.41, 5.74) is 1.08. The number of sulfone groups is 2. The van der Waals surface area contributed by atoms with Crippen LogP contribution in [0.1, 0.15) is 26.7 Å². The average molecular weight is 1010 g/mol. The molecule has 4 rings (SSSR count). The van der Waals surface area contributed by atoms with E-state index >= 15 is 0 Å². The Labute approximate surface area is 376 Å². The first-order valence-corrected chi connectivity index (χ1v) is 27.2. The van der Waals surface area contributed by atoms with Gasteiger partial charge in [-0.3, -0.25) is 28.3 Å². The number of hydroxylamine groups is 2. The summed E-state index contributed by atoms with van der Waals surface area (Å²) in [6, 6.07) is 9.11. The Morgan fingerprint density at radius 3 is 1.27 bits per heavy atom. The summed E-state index contributed by atoms with van der Waals surface area (Å²) in [6.45, 7) is 4.60. The Hall–Kier alpha value is -5.16. The quantitative estimate of drug-likeness (QED) is 0.0707. The highest BCUT2D eigenvalue weighted by molar-refractivity contribution is 7.93. The number of nitrogens with zero attached hydrogens (tertiary/aromatic N) is 2. The second kappa shape index (κ2) is 21.2. The lowest BCUT2D eigenvalue weighted by Crippen LogP contribution is -2.50. The molecular formula is C39H48F4N4O15P2S2. The van der Waals surface area contributed by atoms with Gasteiger partial charge in [-0.25, -0.2) is 50.0 Å². The number of aromatic nitrogens is 2. The third-order valence-corrected chi connectivity index (χ3v) is 15.0. The van der Waals surface area contributed by atoms with E-state index in [2.05, 4.69) is 4.62 Å². The molecule has 19 nitrogen and oxygen atoms in total. The van der Waals surface area contributed by atoms with Gasteiger partial charge in [-0.05, 0) is 51.0 Å². The predicted molar refractivity (Wildman–Crippen MR) is 235 cm³/mol. The minimum absolute atomic E-state index is 0.154. The molecule has 3 atom stereocenters. The van der Waals surface area contributed by atoms with Gasteiger partial charge in [0, 0.05) is 105 Å². The molecule has 0 aliphatic rings. The molecule has 2 amide bonds. The number of halogens is 4. The van der Waals surface area contributed by atoms with Crippen LogP contribution in [0, 0.1) is 23.3 Å². The molecule has 0 saturated heterocycles. The van der Waals surface area contributed by atoms with Gasteiger partial charge < -0.3 is 23.5 Å². The number of rotatable bonds is 18. The highest BCUT2D eigenvalue weighted by atomic mass is 32.2. The molecule has 2 heterocycles. The number of carbonyl (C=O) groups is 2. The molecule has 4 aromatic rings. The van der Waals surface area contributed by atoms with E-state index in [1.165, 1.54) is 51.8 Å². The maximum atomic E-state index is 14.7. The summed E-state index contributed by atoms with van der Waals surface area (Å²) in [6.07, 6.45) is 2.24. The summed E-state index contributed by atoms with van der Waals surface area (Å²) in [5.74, 6) is -5.40. The van der Waals surface area contributed by atoms with Crippen LogP contribution in [0.15, 0.2) is 70.5 Å². The van der Waals surface area contributed by atoms with E-state index in [4.69, 9.17) is 19.0 Å². The van der Waals surface area contributed by atoms with E-state index in [-0.39, 0.29) is 40.3 Å². The van der Waals surface area contributed by atoms with Crippen molar-refractivity contribution >= 4 is 46.5 Å². The largest absolute Gasteiger partial charge is 0.497 e. The van der Waals surface area contributed by atoms with Crippen molar-refractivity contribution in [1.82, 2.24) is 20.1 Å². The molecule has 0 aliphatic carbocycles. The van der Waals surface area contributed by atoms with E-state index in [0.29, 0.717) is 0 Å². The topological polar surface area (TPSA) is 262 Å². The molecule has 27 heteroatoms. The highest BCUT2D eigenvalue weighted by Crippen LogP contribution is 2.37. The minimum atomic E-state index is -4.15. The van der Waals surface area contributed by atoms with E-state index in [9.17, 15) is 62.7 Å². The third-order valence-electron chi connectivity index (χ3n) is 10.0. The number of nitrogens with one attached hydrogen (secondary N) is 2. The van der Waals surface area contributed by atoms with Crippen LogP contribution in [0.25, 0.3) is 22.3 Å². The van der Waals surface area contributed by atoms with Gasteiger partial charge in [0.25, 0.3) is 22.9 Å². The Morgan fingerprint density at radius 2 is 0.985 bits per heavy atom. The average Bonchev–Trinajstić information content (AvgIpc) is 3.20. The Kier molecular flexibility index (Phi) is 17.7. The first-order chi connectivity index (χ1) is 30.2. The summed E-state index contributed by atoms with van der Waals surface area (Å²) in [5, 5.41) is 0.